The van der Waals surface area contributed by atoms with Crippen molar-refractivity contribution in [3.8, 4) is 0 Å². The standard InChI is InChI=1S/C15H13F3N2O4S/c1-24-14(21)19-11-6-8-13(9-7-11)25(22,23)20-12-4-2-10(3-5-12)15(16,17)18/h2-9,20H,1H3,(H,19,21). The van der Waals surface area contributed by atoms with Gasteiger partial charge in [0.15, 0.2) is 0 Å². The number of nitrogens with one attached hydrogen (secondary N) is 2. The van der Waals surface area contributed by atoms with Crippen LogP contribution in [0.1, 0.15) is 5.56 Å². The van der Waals surface area contributed by atoms with Gasteiger partial charge in [-0.15, -0.1) is 0 Å². The summed E-state index contributed by atoms with van der Waals surface area (Å²) in [5.41, 5.74) is -0.571. The molecule has 0 aliphatic carbocycles. The van der Waals surface area contributed by atoms with E-state index in [1.165, 1.54) is 31.4 Å². The Balaban J connectivity index is 2.14. The van der Waals surface area contributed by atoms with E-state index in [-0.39, 0.29) is 10.6 Å². The maximum absolute atomic E-state index is 12.5. The molecule has 134 valence electrons. The summed E-state index contributed by atoms with van der Waals surface area (Å²) in [5, 5.41) is 2.36. The van der Waals surface area contributed by atoms with Crippen LogP contribution in [0.2, 0.25) is 0 Å². The molecule has 2 rings (SSSR count). The van der Waals surface area contributed by atoms with Gasteiger partial charge in [0.05, 0.1) is 17.6 Å². The second kappa shape index (κ2) is 7.01. The first-order valence-electron chi connectivity index (χ1n) is 6.77. The first-order valence-corrected chi connectivity index (χ1v) is 8.25. The largest absolute Gasteiger partial charge is 0.453 e. The lowest BCUT2D eigenvalue weighted by molar-refractivity contribution is -0.137. The average Bonchev–Trinajstić information content (AvgIpc) is 2.54. The molecule has 0 unspecified atom stereocenters. The average molecular weight is 374 g/mol. The maximum atomic E-state index is 12.5. The summed E-state index contributed by atoms with van der Waals surface area (Å²) in [7, 11) is -2.80. The molecule has 0 radical (unpaired) electrons. The van der Waals surface area contributed by atoms with Gasteiger partial charge in [0.1, 0.15) is 0 Å². The van der Waals surface area contributed by atoms with Crippen molar-refractivity contribution in [1.82, 2.24) is 0 Å². The lowest BCUT2D eigenvalue weighted by Crippen LogP contribution is -2.14. The molecule has 0 saturated heterocycles. The molecule has 1 amide bonds. The monoisotopic (exact) mass is 374 g/mol. The van der Waals surface area contributed by atoms with E-state index in [0.29, 0.717) is 5.69 Å². The number of benzene rings is 2. The third kappa shape index (κ3) is 4.86. The topological polar surface area (TPSA) is 84.5 Å². The van der Waals surface area contributed by atoms with E-state index >= 15 is 0 Å². The summed E-state index contributed by atoms with van der Waals surface area (Å²) >= 11 is 0. The lowest BCUT2D eigenvalue weighted by atomic mass is 10.2. The predicted octanol–water partition coefficient (Wildman–Crippen LogP) is 3.68. The number of halogens is 3. The van der Waals surface area contributed by atoms with Crippen LogP contribution in [0.15, 0.2) is 53.4 Å². The Hall–Kier alpha value is -2.75. The van der Waals surface area contributed by atoms with Crippen molar-refractivity contribution >= 4 is 27.5 Å². The highest BCUT2D eigenvalue weighted by Crippen LogP contribution is 2.30. The minimum atomic E-state index is -4.50. The molecule has 0 saturated carbocycles. The zero-order chi connectivity index (χ0) is 18.7. The van der Waals surface area contributed by atoms with Crippen molar-refractivity contribution in [1.29, 1.82) is 0 Å². The highest BCUT2D eigenvalue weighted by Gasteiger charge is 2.30. The molecule has 0 bridgehead atoms. The zero-order valence-corrected chi connectivity index (χ0v) is 13.6. The number of rotatable bonds is 4. The third-order valence-corrected chi connectivity index (χ3v) is 4.46. The molecular formula is C15H13F3N2O4S. The van der Waals surface area contributed by atoms with Gasteiger partial charge >= 0.3 is 12.3 Å². The summed E-state index contributed by atoms with van der Waals surface area (Å²) in [6.45, 7) is 0. The summed E-state index contributed by atoms with van der Waals surface area (Å²) in [6, 6.07) is 8.76. The minimum absolute atomic E-state index is 0.00948. The van der Waals surface area contributed by atoms with Crippen molar-refractivity contribution in [3.63, 3.8) is 0 Å². The first-order chi connectivity index (χ1) is 11.6. The first kappa shape index (κ1) is 18.6. The summed E-state index contributed by atoms with van der Waals surface area (Å²) in [6.07, 6.45) is -5.21. The van der Waals surface area contributed by atoms with E-state index in [2.05, 4.69) is 14.8 Å². The van der Waals surface area contributed by atoms with Gasteiger partial charge in [0.25, 0.3) is 10.0 Å². The van der Waals surface area contributed by atoms with Crippen LogP contribution in [0.5, 0.6) is 0 Å². The van der Waals surface area contributed by atoms with Gasteiger partial charge in [0, 0.05) is 11.4 Å². The van der Waals surface area contributed by atoms with Crippen LogP contribution in [0.4, 0.5) is 29.3 Å². The third-order valence-electron chi connectivity index (χ3n) is 3.06. The predicted molar refractivity (Wildman–Crippen MR) is 84.7 cm³/mol. The number of carbonyl (C=O) groups is 1. The molecular weight excluding hydrogens is 361 g/mol. The smallest absolute Gasteiger partial charge is 0.416 e. The molecule has 2 N–H and O–H groups in total. The fraction of sp³-hybridized carbons (Fsp3) is 0.133. The van der Waals surface area contributed by atoms with Gasteiger partial charge in [-0.2, -0.15) is 13.2 Å². The van der Waals surface area contributed by atoms with Crippen LogP contribution in [-0.4, -0.2) is 21.6 Å². The molecule has 0 fully saturated rings. The number of hydrogen-bond acceptors (Lipinski definition) is 4. The van der Waals surface area contributed by atoms with Gasteiger partial charge in [-0.1, -0.05) is 0 Å². The number of hydrogen-bond donors (Lipinski definition) is 2. The Morgan fingerprint density at radius 2 is 1.48 bits per heavy atom. The minimum Gasteiger partial charge on any atom is -0.453 e. The van der Waals surface area contributed by atoms with Crippen molar-refractivity contribution < 1.29 is 31.1 Å². The molecule has 0 atom stereocenters. The van der Waals surface area contributed by atoms with E-state index in [9.17, 15) is 26.4 Å². The highest BCUT2D eigenvalue weighted by atomic mass is 32.2. The fourth-order valence-corrected chi connectivity index (χ4v) is 2.89. The maximum Gasteiger partial charge on any atom is 0.416 e. The summed E-state index contributed by atoms with van der Waals surface area (Å²) < 4.78 is 68.5. The summed E-state index contributed by atoms with van der Waals surface area (Å²) in [5.74, 6) is 0. The Morgan fingerprint density at radius 3 is 1.96 bits per heavy atom. The van der Waals surface area contributed by atoms with Crippen LogP contribution in [0.25, 0.3) is 0 Å². The van der Waals surface area contributed by atoms with Gasteiger partial charge in [0.2, 0.25) is 0 Å². The van der Waals surface area contributed by atoms with Crippen LogP contribution < -0.4 is 10.0 Å². The van der Waals surface area contributed by atoms with E-state index in [1.54, 1.807) is 0 Å². The van der Waals surface area contributed by atoms with Gasteiger partial charge in [-0.05, 0) is 48.5 Å². The van der Waals surface area contributed by atoms with Crippen LogP contribution in [0.3, 0.4) is 0 Å². The summed E-state index contributed by atoms with van der Waals surface area (Å²) in [4.78, 5) is 10.9. The molecule has 0 spiro atoms. The SMILES string of the molecule is COC(=O)Nc1ccc(S(=O)(=O)Nc2ccc(C(F)(F)F)cc2)cc1. The second-order valence-electron chi connectivity index (χ2n) is 4.82. The normalized spacial score (nSPS) is 11.7. The van der Waals surface area contributed by atoms with Crippen LogP contribution >= 0.6 is 0 Å². The zero-order valence-electron chi connectivity index (χ0n) is 12.8. The Bertz CT molecular complexity index is 848. The molecule has 2 aromatic rings. The van der Waals surface area contributed by atoms with Crippen LogP contribution in [0, 0.1) is 0 Å². The molecule has 0 aromatic heterocycles. The van der Waals surface area contributed by atoms with Crippen LogP contribution in [-0.2, 0) is 20.9 Å². The van der Waals surface area contributed by atoms with Crippen molar-refractivity contribution in [3.05, 3.63) is 54.1 Å². The fourth-order valence-electron chi connectivity index (χ4n) is 1.83. The molecule has 10 heteroatoms. The number of amides is 1. The molecule has 0 heterocycles. The molecule has 0 aliphatic rings. The molecule has 2 aromatic carbocycles. The van der Waals surface area contributed by atoms with Crippen molar-refractivity contribution in [2.75, 3.05) is 17.1 Å². The number of ether oxygens (including phenoxy) is 1. The molecule has 6 nitrogen and oxygen atoms in total. The van der Waals surface area contributed by atoms with Crippen molar-refractivity contribution in [2.45, 2.75) is 11.1 Å². The Morgan fingerprint density at radius 1 is 0.960 bits per heavy atom. The van der Waals surface area contributed by atoms with E-state index in [0.717, 1.165) is 24.3 Å². The van der Waals surface area contributed by atoms with Gasteiger partial charge < -0.3 is 4.74 Å². The van der Waals surface area contributed by atoms with Gasteiger partial charge in [-0.25, -0.2) is 13.2 Å². The Labute approximate surface area is 141 Å². The number of carbonyl (C=O) groups excluding carboxylic acids is 1. The molecule has 0 aliphatic heterocycles. The number of anilines is 2. The van der Waals surface area contributed by atoms with Crippen molar-refractivity contribution in [2.24, 2.45) is 0 Å². The second-order valence-corrected chi connectivity index (χ2v) is 6.50. The number of alkyl halides is 3. The number of methoxy groups -OCH3 is 1. The molecule has 25 heavy (non-hydrogen) atoms. The Kier molecular flexibility index (Phi) is 5.21. The quantitative estimate of drug-likeness (QED) is 0.855. The lowest BCUT2D eigenvalue weighted by Gasteiger charge is -2.11. The van der Waals surface area contributed by atoms with Gasteiger partial charge in [-0.3, -0.25) is 10.0 Å². The van der Waals surface area contributed by atoms with E-state index in [4.69, 9.17) is 0 Å². The van der Waals surface area contributed by atoms with E-state index < -0.39 is 27.9 Å². The highest BCUT2D eigenvalue weighted by molar-refractivity contribution is 7.92. The number of sulfonamides is 1. The van der Waals surface area contributed by atoms with E-state index in [1.807, 2.05) is 0 Å².